The number of aliphatic hydroxyl groups is 1. The predicted molar refractivity (Wildman–Crippen MR) is 59.7 cm³/mol. The minimum absolute atomic E-state index is 0.0887. The van der Waals surface area contributed by atoms with Crippen molar-refractivity contribution in [2.24, 2.45) is 0 Å². The van der Waals surface area contributed by atoms with Crippen LogP contribution < -0.4 is 0 Å². The van der Waals surface area contributed by atoms with E-state index >= 15 is 0 Å². The van der Waals surface area contributed by atoms with Gasteiger partial charge in [0.1, 0.15) is 0 Å². The number of methoxy groups -OCH3 is 1. The first-order valence-corrected chi connectivity index (χ1v) is 5.02. The third-order valence-corrected chi connectivity index (χ3v) is 2.56. The Morgan fingerprint density at radius 1 is 1.33 bits per heavy atom. The van der Waals surface area contributed by atoms with Gasteiger partial charge in [-0.2, -0.15) is 0 Å². The molecule has 0 amide bonds. The van der Waals surface area contributed by atoms with Crippen molar-refractivity contribution in [3.05, 3.63) is 36.0 Å². The maximum atomic E-state index is 9.07. The molecule has 1 aromatic heterocycles. The maximum Gasteiger partial charge on any atom is 0.0682 e. The van der Waals surface area contributed by atoms with Crippen LogP contribution in [0.25, 0.3) is 10.9 Å². The number of aromatic nitrogens is 1. The van der Waals surface area contributed by atoms with E-state index in [4.69, 9.17) is 9.84 Å². The number of fused-ring (bicyclic) bond motifs is 1. The van der Waals surface area contributed by atoms with E-state index in [0.717, 1.165) is 17.6 Å². The predicted octanol–water partition coefficient (Wildman–Crippen LogP) is 1.78. The Balaban J connectivity index is 2.38. The summed E-state index contributed by atoms with van der Waals surface area (Å²) < 4.78 is 7.19. The molecule has 3 heteroatoms. The first kappa shape index (κ1) is 10.2. The monoisotopic (exact) mass is 205 g/mol. The molecule has 1 heterocycles. The highest BCUT2D eigenvalue weighted by Gasteiger charge is 2.01. The maximum absolute atomic E-state index is 9.07. The van der Waals surface area contributed by atoms with Crippen molar-refractivity contribution in [1.82, 2.24) is 4.57 Å². The molecular formula is C12H15NO2. The van der Waals surface area contributed by atoms with E-state index in [0.29, 0.717) is 6.61 Å². The van der Waals surface area contributed by atoms with E-state index < -0.39 is 0 Å². The Hall–Kier alpha value is -1.32. The molecule has 0 aliphatic heterocycles. The highest BCUT2D eigenvalue weighted by molar-refractivity contribution is 5.80. The lowest BCUT2D eigenvalue weighted by atomic mass is 10.2. The van der Waals surface area contributed by atoms with Gasteiger partial charge in [-0.3, -0.25) is 0 Å². The molecule has 0 aliphatic rings. The Kier molecular flexibility index (Phi) is 3.04. The van der Waals surface area contributed by atoms with Crippen LogP contribution in [0.15, 0.2) is 30.5 Å². The van der Waals surface area contributed by atoms with Crippen molar-refractivity contribution in [3.63, 3.8) is 0 Å². The molecule has 0 saturated carbocycles. The second-order valence-corrected chi connectivity index (χ2v) is 3.55. The SMILES string of the molecule is COCCn1ccc2ccc(CO)cc21. The van der Waals surface area contributed by atoms with Gasteiger partial charge in [0, 0.05) is 25.4 Å². The molecule has 0 atom stereocenters. The molecule has 0 aliphatic carbocycles. The van der Waals surface area contributed by atoms with E-state index in [9.17, 15) is 0 Å². The molecule has 0 saturated heterocycles. The van der Waals surface area contributed by atoms with Gasteiger partial charge in [0.15, 0.2) is 0 Å². The minimum atomic E-state index is 0.0887. The van der Waals surface area contributed by atoms with E-state index in [1.54, 1.807) is 7.11 Å². The van der Waals surface area contributed by atoms with Crippen LogP contribution in [-0.2, 0) is 17.9 Å². The van der Waals surface area contributed by atoms with Crippen molar-refractivity contribution < 1.29 is 9.84 Å². The summed E-state index contributed by atoms with van der Waals surface area (Å²) in [6.07, 6.45) is 2.05. The Labute approximate surface area is 88.9 Å². The summed E-state index contributed by atoms with van der Waals surface area (Å²) in [5.41, 5.74) is 2.10. The molecule has 15 heavy (non-hydrogen) atoms. The first-order chi connectivity index (χ1) is 7.35. The lowest BCUT2D eigenvalue weighted by Crippen LogP contribution is -2.02. The van der Waals surface area contributed by atoms with E-state index in [1.807, 2.05) is 24.4 Å². The lowest BCUT2D eigenvalue weighted by Gasteiger charge is -2.05. The molecule has 1 aromatic carbocycles. The number of hydrogen-bond acceptors (Lipinski definition) is 2. The third kappa shape index (κ3) is 2.03. The van der Waals surface area contributed by atoms with Crippen molar-refractivity contribution >= 4 is 10.9 Å². The average molecular weight is 205 g/mol. The summed E-state index contributed by atoms with van der Waals surface area (Å²) in [6, 6.07) is 8.07. The summed E-state index contributed by atoms with van der Waals surface area (Å²) in [5.74, 6) is 0. The van der Waals surface area contributed by atoms with Crippen LogP contribution in [0.2, 0.25) is 0 Å². The topological polar surface area (TPSA) is 34.4 Å². The molecule has 2 aromatic rings. The first-order valence-electron chi connectivity index (χ1n) is 5.02. The van der Waals surface area contributed by atoms with Gasteiger partial charge in [0.2, 0.25) is 0 Å². The standard InChI is InChI=1S/C12H15NO2/c1-15-7-6-13-5-4-11-3-2-10(9-14)8-12(11)13/h2-5,8,14H,6-7,9H2,1H3. The number of benzene rings is 1. The summed E-state index contributed by atoms with van der Waals surface area (Å²) in [6.45, 7) is 1.63. The van der Waals surface area contributed by atoms with Crippen molar-refractivity contribution in [2.75, 3.05) is 13.7 Å². The number of rotatable bonds is 4. The fourth-order valence-corrected chi connectivity index (χ4v) is 1.71. The quantitative estimate of drug-likeness (QED) is 0.825. The van der Waals surface area contributed by atoms with Crippen molar-refractivity contribution in [1.29, 1.82) is 0 Å². The average Bonchev–Trinajstić information content (AvgIpc) is 2.68. The van der Waals surface area contributed by atoms with Crippen LogP contribution >= 0.6 is 0 Å². The van der Waals surface area contributed by atoms with Gasteiger partial charge < -0.3 is 14.4 Å². The van der Waals surface area contributed by atoms with Crippen LogP contribution in [-0.4, -0.2) is 23.4 Å². The van der Waals surface area contributed by atoms with Crippen LogP contribution in [0.4, 0.5) is 0 Å². The Bertz CT molecular complexity index is 448. The van der Waals surface area contributed by atoms with Gasteiger partial charge >= 0.3 is 0 Å². The second kappa shape index (κ2) is 4.47. The fraction of sp³-hybridized carbons (Fsp3) is 0.333. The summed E-state index contributed by atoms with van der Waals surface area (Å²) in [4.78, 5) is 0. The Morgan fingerprint density at radius 2 is 2.20 bits per heavy atom. The zero-order valence-corrected chi connectivity index (χ0v) is 8.81. The molecule has 0 bridgehead atoms. The van der Waals surface area contributed by atoms with Gasteiger partial charge in [-0.05, 0) is 23.1 Å². The largest absolute Gasteiger partial charge is 0.392 e. The molecule has 2 rings (SSSR count). The highest BCUT2D eigenvalue weighted by Crippen LogP contribution is 2.17. The van der Waals surface area contributed by atoms with Crippen molar-refractivity contribution in [3.8, 4) is 0 Å². The number of ether oxygens (including phenoxy) is 1. The summed E-state index contributed by atoms with van der Waals surface area (Å²) in [7, 11) is 1.70. The smallest absolute Gasteiger partial charge is 0.0682 e. The molecule has 0 radical (unpaired) electrons. The van der Waals surface area contributed by atoms with Crippen LogP contribution in [0.1, 0.15) is 5.56 Å². The summed E-state index contributed by atoms with van der Waals surface area (Å²) >= 11 is 0. The zero-order valence-electron chi connectivity index (χ0n) is 8.81. The third-order valence-electron chi connectivity index (χ3n) is 2.56. The van der Waals surface area contributed by atoms with E-state index in [2.05, 4.69) is 10.6 Å². The van der Waals surface area contributed by atoms with Crippen LogP contribution in [0, 0.1) is 0 Å². The molecule has 0 spiro atoms. The number of nitrogens with zero attached hydrogens (tertiary/aromatic N) is 1. The van der Waals surface area contributed by atoms with Gasteiger partial charge in [-0.25, -0.2) is 0 Å². The fourth-order valence-electron chi connectivity index (χ4n) is 1.71. The molecule has 3 nitrogen and oxygen atoms in total. The van der Waals surface area contributed by atoms with Gasteiger partial charge in [0.25, 0.3) is 0 Å². The van der Waals surface area contributed by atoms with Crippen LogP contribution in [0.5, 0.6) is 0 Å². The van der Waals surface area contributed by atoms with Crippen LogP contribution in [0.3, 0.4) is 0 Å². The summed E-state index contributed by atoms with van der Waals surface area (Å²) in [5, 5.41) is 10.3. The molecule has 0 fully saturated rings. The normalized spacial score (nSPS) is 11.1. The van der Waals surface area contributed by atoms with Gasteiger partial charge in [0.05, 0.1) is 13.2 Å². The molecule has 80 valence electrons. The lowest BCUT2D eigenvalue weighted by molar-refractivity contribution is 0.188. The van der Waals surface area contributed by atoms with Gasteiger partial charge in [-0.15, -0.1) is 0 Å². The number of hydrogen-bond donors (Lipinski definition) is 1. The minimum Gasteiger partial charge on any atom is -0.392 e. The van der Waals surface area contributed by atoms with Crippen molar-refractivity contribution in [2.45, 2.75) is 13.2 Å². The molecular weight excluding hydrogens is 190 g/mol. The Morgan fingerprint density at radius 3 is 2.93 bits per heavy atom. The number of aliphatic hydroxyl groups excluding tert-OH is 1. The molecule has 1 N–H and O–H groups in total. The van der Waals surface area contributed by atoms with E-state index in [-0.39, 0.29) is 6.61 Å². The highest BCUT2D eigenvalue weighted by atomic mass is 16.5. The van der Waals surface area contributed by atoms with E-state index in [1.165, 1.54) is 5.39 Å². The molecule has 0 unspecified atom stereocenters. The second-order valence-electron chi connectivity index (χ2n) is 3.55. The zero-order chi connectivity index (χ0) is 10.7. The van der Waals surface area contributed by atoms with Gasteiger partial charge in [-0.1, -0.05) is 12.1 Å².